The monoisotopic (exact) mass is 616 g/mol. The summed E-state index contributed by atoms with van der Waals surface area (Å²) in [6.07, 6.45) is 3.71. The molecule has 2 saturated heterocycles. The average molecular weight is 617 g/mol. The van der Waals surface area contributed by atoms with Gasteiger partial charge in [-0.3, -0.25) is 9.89 Å². The first kappa shape index (κ1) is 29.5. The molecule has 0 atom stereocenters. The van der Waals surface area contributed by atoms with E-state index >= 15 is 0 Å². The second kappa shape index (κ2) is 12.6. The Morgan fingerprint density at radius 2 is 1.58 bits per heavy atom. The van der Waals surface area contributed by atoms with Crippen LogP contribution >= 0.6 is 0 Å². The predicted molar refractivity (Wildman–Crippen MR) is 156 cm³/mol. The number of fused-ring (bicyclic) bond motifs is 1. The van der Waals surface area contributed by atoms with Crippen molar-refractivity contribution in [2.24, 2.45) is 0 Å². The molecule has 230 valence electrons. The third-order valence-corrected chi connectivity index (χ3v) is 9.86. The summed E-state index contributed by atoms with van der Waals surface area (Å²) in [4.78, 5) is 13.2. The van der Waals surface area contributed by atoms with Gasteiger partial charge in [-0.15, -0.1) is 0 Å². The van der Waals surface area contributed by atoms with Gasteiger partial charge in [0.2, 0.25) is 10.0 Å². The fourth-order valence-electron chi connectivity index (χ4n) is 5.67. The van der Waals surface area contributed by atoms with Gasteiger partial charge in [-0.1, -0.05) is 0 Å². The number of H-pyrrole nitrogens is 1. The molecule has 0 radical (unpaired) electrons. The fraction of sp³-hybridized carbons (Fsp3) is 0.448. The van der Waals surface area contributed by atoms with E-state index in [2.05, 4.69) is 26.1 Å². The topological polar surface area (TPSA) is 138 Å². The standard InChI is InChI=1S/C29H34F2N6O5S/c30-18-13-19(31)15-23(14-18)43(39,40)37-8-3-26-25(17-37)28(36-35-26)34-29(38)24-2-1-22(32-20-4-9-41-10-5-20)16-27(24)33-21-6-11-42-12-7-21/h1-2,13-16,20-21,32-33H,3-12,17H2,(H2,34,35,36,38). The van der Waals surface area contributed by atoms with E-state index in [-0.39, 0.29) is 31.0 Å². The lowest BCUT2D eigenvalue weighted by Gasteiger charge is -2.27. The number of anilines is 3. The molecule has 3 aromatic rings. The number of hydrogen-bond acceptors (Lipinski definition) is 8. The van der Waals surface area contributed by atoms with Gasteiger partial charge in [0, 0.05) is 86.7 Å². The lowest BCUT2D eigenvalue weighted by Crippen LogP contribution is -2.36. The number of rotatable bonds is 8. The number of benzene rings is 2. The summed E-state index contributed by atoms with van der Waals surface area (Å²) in [5.41, 5.74) is 3.16. The van der Waals surface area contributed by atoms with Crippen molar-refractivity contribution in [1.82, 2.24) is 14.5 Å². The highest BCUT2D eigenvalue weighted by molar-refractivity contribution is 7.89. The Bertz CT molecular complexity index is 1570. The maximum atomic E-state index is 13.8. The molecule has 1 aromatic heterocycles. The van der Waals surface area contributed by atoms with Crippen LogP contribution in [0.5, 0.6) is 0 Å². The van der Waals surface area contributed by atoms with Crippen LogP contribution in [0.4, 0.5) is 26.0 Å². The largest absolute Gasteiger partial charge is 0.382 e. The zero-order valence-electron chi connectivity index (χ0n) is 23.5. The van der Waals surface area contributed by atoms with Crippen LogP contribution in [0, 0.1) is 11.6 Å². The Balaban J connectivity index is 1.22. The highest BCUT2D eigenvalue weighted by atomic mass is 32.2. The second-order valence-corrected chi connectivity index (χ2v) is 12.9. The number of amides is 1. The van der Waals surface area contributed by atoms with Gasteiger partial charge in [0.15, 0.2) is 5.82 Å². The van der Waals surface area contributed by atoms with Crippen molar-refractivity contribution in [1.29, 1.82) is 0 Å². The van der Waals surface area contributed by atoms with Gasteiger partial charge in [0.25, 0.3) is 5.91 Å². The molecule has 43 heavy (non-hydrogen) atoms. The number of halogens is 2. The maximum Gasteiger partial charge on any atom is 0.258 e. The molecule has 0 spiro atoms. The van der Waals surface area contributed by atoms with Gasteiger partial charge in [-0.25, -0.2) is 17.2 Å². The summed E-state index contributed by atoms with van der Waals surface area (Å²) in [6.45, 7) is 2.65. The normalized spacial score (nSPS) is 18.7. The van der Waals surface area contributed by atoms with Crippen LogP contribution < -0.4 is 16.0 Å². The number of sulfonamides is 1. The van der Waals surface area contributed by atoms with E-state index in [1.807, 2.05) is 12.1 Å². The molecule has 2 aromatic carbocycles. The molecule has 0 saturated carbocycles. The molecule has 0 aliphatic carbocycles. The molecule has 0 unspecified atom stereocenters. The van der Waals surface area contributed by atoms with Crippen molar-refractivity contribution in [3.8, 4) is 0 Å². The van der Waals surface area contributed by atoms with E-state index in [0.29, 0.717) is 61.4 Å². The van der Waals surface area contributed by atoms with Gasteiger partial charge in [0.05, 0.1) is 10.5 Å². The van der Waals surface area contributed by atoms with Gasteiger partial charge < -0.3 is 25.4 Å². The quantitative estimate of drug-likeness (QED) is 0.300. The molecule has 1 amide bonds. The Labute approximate surface area is 248 Å². The first-order chi connectivity index (χ1) is 20.8. The molecular weight excluding hydrogens is 582 g/mol. The zero-order valence-corrected chi connectivity index (χ0v) is 24.3. The zero-order chi connectivity index (χ0) is 30.0. The Kier molecular flexibility index (Phi) is 8.61. The lowest BCUT2D eigenvalue weighted by molar-refractivity contribution is 0.0904. The van der Waals surface area contributed by atoms with Gasteiger partial charge >= 0.3 is 0 Å². The van der Waals surface area contributed by atoms with Gasteiger partial charge in [-0.2, -0.15) is 9.40 Å². The molecule has 3 aliphatic rings. The molecule has 11 nitrogen and oxygen atoms in total. The minimum Gasteiger partial charge on any atom is -0.382 e. The molecule has 0 bridgehead atoms. The molecule has 4 N–H and O–H groups in total. The molecule has 6 rings (SSSR count). The number of aromatic amines is 1. The van der Waals surface area contributed by atoms with Crippen molar-refractivity contribution >= 4 is 33.1 Å². The first-order valence-electron chi connectivity index (χ1n) is 14.4. The highest BCUT2D eigenvalue weighted by Crippen LogP contribution is 2.31. The van der Waals surface area contributed by atoms with E-state index in [9.17, 15) is 22.0 Å². The molecular formula is C29H34F2N6O5S. The fourth-order valence-corrected chi connectivity index (χ4v) is 7.12. The van der Waals surface area contributed by atoms with Crippen molar-refractivity contribution in [2.45, 2.75) is 55.6 Å². The SMILES string of the molecule is O=C(Nc1n[nH]c2c1CN(S(=O)(=O)c1cc(F)cc(F)c1)CC2)c1ccc(NC2CCOCC2)cc1NC1CCOCC1. The summed E-state index contributed by atoms with van der Waals surface area (Å²) in [6, 6.07) is 8.19. The van der Waals surface area contributed by atoms with E-state index < -0.39 is 32.5 Å². The van der Waals surface area contributed by atoms with Crippen molar-refractivity contribution in [2.75, 3.05) is 48.9 Å². The number of aromatic nitrogens is 2. The summed E-state index contributed by atoms with van der Waals surface area (Å²) in [7, 11) is -4.20. The van der Waals surface area contributed by atoms with Crippen LogP contribution in [0.2, 0.25) is 0 Å². The summed E-state index contributed by atoms with van der Waals surface area (Å²) in [5.74, 6) is -2.17. The third kappa shape index (κ3) is 6.66. The van der Waals surface area contributed by atoms with E-state index in [0.717, 1.165) is 47.8 Å². The van der Waals surface area contributed by atoms with Gasteiger partial charge in [0.1, 0.15) is 11.6 Å². The molecule has 14 heteroatoms. The number of nitrogens with one attached hydrogen (secondary N) is 4. The average Bonchev–Trinajstić information content (AvgIpc) is 3.39. The van der Waals surface area contributed by atoms with Crippen molar-refractivity contribution < 1.29 is 31.5 Å². The van der Waals surface area contributed by atoms with E-state index in [1.165, 1.54) is 0 Å². The predicted octanol–water partition coefficient (Wildman–Crippen LogP) is 3.87. The Morgan fingerprint density at radius 3 is 2.26 bits per heavy atom. The summed E-state index contributed by atoms with van der Waals surface area (Å²) in [5, 5.41) is 17.1. The van der Waals surface area contributed by atoms with Gasteiger partial charge in [-0.05, 0) is 56.0 Å². The maximum absolute atomic E-state index is 13.8. The number of carbonyl (C=O) groups is 1. The van der Waals surface area contributed by atoms with Crippen LogP contribution in [0.25, 0.3) is 0 Å². The van der Waals surface area contributed by atoms with E-state index in [4.69, 9.17) is 9.47 Å². The minimum atomic E-state index is -4.20. The van der Waals surface area contributed by atoms with Crippen LogP contribution in [0.15, 0.2) is 41.3 Å². The van der Waals surface area contributed by atoms with Crippen LogP contribution in [-0.2, 0) is 32.5 Å². The smallest absolute Gasteiger partial charge is 0.258 e. The lowest BCUT2D eigenvalue weighted by atomic mass is 10.0. The van der Waals surface area contributed by atoms with Crippen molar-refractivity contribution in [3.05, 3.63) is 64.9 Å². The number of carbonyl (C=O) groups excluding carboxylic acids is 1. The number of nitrogens with zero attached hydrogens (tertiary/aromatic N) is 2. The van der Waals surface area contributed by atoms with Crippen LogP contribution in [0.1, 0.15) is 47.3 Å². The minimum absolute atomic E-state index is 0.0871. The number of ether oxygens (including phenoxy) is 2. The third-order valence-electron chi connectivity index (χ3n) is 8.04. The van der Waals surface area contributed by atoms with Crippen molar-refractivity contribution in [3.63, 3.8) is 0 Å². The Hall–Kier alpha value is -3.59. The van der Waals surface area contributed by atoms with E-state index in [1.54, 1.807) is 6.07 Å². The highest BCUT2D eigenvalue weighted by Gasteiger charge is 2.32. The summed E-state index contributed by atoms with van der Waals surface area (Å²) < 4.78 is 66.2. The second-order valence-electron chi connectivity index (χ2n) is 11.0. The molecule has 2 fully saturated rings. The van der Waals surface area contributed by atoms with Crippen LogP contribution in [-0.4, -0.2) is 73.9 Å². The Morgan fingerprint density at radius 1 is 0.930 bits per heavy atom. The van der Waals surface area contributed by atoms with Crippen LogP contribution in [0.3, 0.4) is 0 Å². The molecule has 4 heterocycles. The molecule has 3 aliphatic heterocycles. The summed E-state index contributed by atoms with van der Waals surface area (Å²) >= 11 is 0. The number of hydrogen-bond donors (Lipinski definition) is 4. The first-order valence-corrected chi connectivity index (χ1v) is 15.9.